The van der Waals surface area contributed by atoms with Crippen LogP contribution in [0.4, 0.5) is 11.6 Å². The lowest BCUT2D eigenvalue weighted by Crippen LogP contribution is -2.48. The Kier molecular flexibility index (Phi) is 2.48. The molecule has 1 aliphatic carbocycles. The van der Waals surface area contributed by atoms with Crippen LogP contribution in [0.15, 0.2) is 6.07 Å². The first-order chi connectivity index (χ1) is 7.13. The number of anilines is 2. The summed E-state index contributed by atoms with van der Waals surface area (Å²) in [4.78, 5) is 8.23. The van der Waals surface area contributed by atoms with Crippen LogP contribution in [-0.4, -0.2) is 27.2 Å². The highest BCUT2D eigenvalue weighted by atomic mass is 16.3. The number of nitrogens with two attached hydrogens (primary N) is 1. The van der Waals surface area contributed by atoms with Gasteiger partial charge in [-0.2, -0.15) is 0 Å². The molecule has 0 spiro atoms. The SMILES string of the molecule is Cc1nc(N)cc(NC2(CO)CCC2)n1. The van der Waals surface area contributed by atoms with Gasteiger partial charge in [0.05, 0.1) is 12.1 Å². The van der Waals surface area contributed by atoms with Crippen molar-refractivity contribution in [3.63, 3.8) is 0 Å². The minimum atomic E-state index is -0.187. The van der Waals surface area contributed by atoms with Crippen molar-refractivity contribution in [2.45, 2.75) is 31.7 Å². The molecular formula is C10H16N4O. The van der Waals surface area contributed by atoms with E-state index in [1.165, 1.54) is 0 Å². The molecule has 0 bridgehead atoms. The van der Waals surface area contributed by atoms with Crippen LogP contribution in [0.3, 0.4) is 0 Å². The fourth-order valence-corrected chi connectivity index (χ4v) is 1.85. The summed E-state index contributed by atoms with van der Waals surface area (Å²) in [6.07, 6.45) is 3.10. The van der Waals surface area contributed by atoms with Gasteiger partial charge >= 0.3 is 0 Å². The van der Waals surface area contributed by atoms with Crippen molar-refractivity contribution in [1.82, 2.24) is 9.97 Å². The lowest BCUT2D eigenvalue weighted by Gasteiger charge is -2.41. The van der Waals surface area contributed by atoms with Gasteiger partial charge in [-0.15, -0.1) is 0 Å². The Hall–Kier alpha value is -1.36. The Morgan fingerprint density at radius 2 is 2.27 bits per heavy atom. The number of aliphatic hydroxyl groups is 1. The van der Waals surface area contributed by atoms with Gasteiger partial charge in [0.25, 0.3) is 0 Å². The van der Waals surface area contributed by atoms with E-state index in [2.05, 4.69) is 15.3 Å². The molecule has 5 nitrogen and oxygen atoms in total. The van der Waals surface area contributed by atoms with Crippen molar-refractivity contribution in [1.29, 1.82) is 0 Å². The summed E-state index contributed by atoms with van der Waals surface area (Å²) in [5.41, 5.74) is 5.44. The highest BCUT2D eigenvalue weighted by molar-refractivity contribution is 5.46. The maximum absolute atomic E-state index is 9.30. The van der Waals surface area contributed by atoms with Crippen LogP contribution in [0.1, 0.15) is 25.1 Å². The minimum absolute atomic E-state index is 0.135. The summed E-state index contributed by atoms with van der Waals surface area (Å²) in [6.45, 7) is 1.93. The van der Waals surface area contributed by atoms with Crippen LogP contribution in [0.2, 0.25) is 0 Å². The first-order valence-electron chi connectivity index (χ1n) is 5.14. The molecule has 15 heavy (non-hydrogen) atoms. The van der Waals surface area contributed by atoms with E-state index in [1.54, 1.807) is 13.0 Å². The van der Waals surface area contributed by atoms with E-state index < -0.39 is 0 Å². The van der Waals surface area contributed by atoms with Crippen molar-refractivity contribution in [2.24, 2.45) is 0 Å². The Morgan fingerprint density at radius 3 is 2.73 bits per heavy atom. The standard InChI is InChI=1S/C10H16N4O/c1-7-12-8(11)5-9(13-7)14-10(6-15)3-2-4-10/h5,15H,2-4,6H2,1H3,(H3,11,12,13,14). The molecule has 0 aromatic carbocycles. The molecule has 0 radical (unpaired) electrons. The topological polar surface area (TPSA) is 84.1 Å². The number of hydrogen-bond donors (Lipinski definition) is 3. The number of nitrogens with one attached hydrogen (secondary N) is 1. The number of aryl methyl sites for hydroxylation is 1. The van der Waals surface area contributed by atoms with Gasteiger partial charge < -0.3 is 16.2 Å². The van der Waals surface area contributed by atoms with E-state index in [9.17, 15) is 5.11 Å². The van der Waals surface area contributed by atoms with Crippen molar-refractivity contribution >= 4 is 11.6 Å². The Balaban J connectivity index is 2.16. The molecule has 4 N–H and O–H groups in total. The molecular weight excluding hydrogens is 192 g/mol. The molecule has 0 aliphatic heterocycles. The summed E-state index contributed by atoms with van der Waals surface area (Å²) in [5, 5.41) is 12.5. The average molecular weight is 208 g/mol. The fourth-order valence-electron chi connectivity index (χ4n) is 1.85. The summed E-state index contributed by atoms with van der Waals surface area (Å²) >= 11 is 0. The lowest BCUT2D eigenvalue weighted by atomic mass is 9.77. The molecule has 82 valence electrons. The largest absolute Gasteiger partial charge is 0.394 e. The Bertz CT molecular complexity index is 337. The lowest BCUT2D eigenvalue weighted by molar-refractivity contribution is 0.144. The molecule has 1 aliphatic rings. The van der Waals surface area contributed by atoms with E-state index in [-0.39, 0.29) is 12.1 Å². The summed E-state index contributed by atoms with van der Waals surface area (Å²) < 4.78 is 0. The first kappa shape index (κ1) is 10.2. The van der Waals surface area contributed by atoms with Crippen molar-refractivity contribution in [3.05, 3.63) is 11.9 Å². The van der Waals surface area contributed by atoms with Crippen LogP contribution in [0, 0.1) is 6.92 Å². The van der Waals surface area contributed by atoms with Crippen LogP contribution >= 0.6 is 0 Å². The fraction of sp³-hybridized carbons (Fsp3) is 0.600. The van der Waals surface area contributed by atoms with Gasteiger partial charge in [0.15, 0.2) is 0 Å². The molecule has 1 fully saturated rings. The highest BCUT2D eigenvalue weighted by Crippen LogP contribution is 2.34. The van der Waals surface area contributed by atoms with Gasteiger partial charge in [-0.05, 0) is 26.2 Å². The second-order valence-corrected chi connectivity index (χ2v) is 4.14. The maximum atomic E-state index is 9.30. The van der Waals surface area contributed by atoms with Crippen molar-refractivity contribution in [3.8, 4) is 0 Å². The zero-order valence-corrected chi connectivity index (χ0v) is 8.82. The third-order valence-electron chi connectivity index (χ3n) is 2.86. The molecule has 5 heteroatoms. The molecule has 0 atom stereocenters. The normalized spacial score (nSPS) is 18.3. The van der Waals surface area contributed by atoms with Gasteiger partial charge in [0.2, 0.25) is 0 Å². The van der Waals surface area contributed by atoms with Gasteiger partial charge in [-0.3, -0.25) is 0 Å². The van der Waals surface area contributed by atoms with E-state index in [1.807, 2.05) is 0 Å². The van der Waals surface area contributed by atoms with E-state index in [0.717, 1.165) is 19.3 Å². The van der Waals surface area contributed by atoms with Crippen LogP contribution in [0.25, 0.3) is 0 Å². The summed E-state index contributed by atoms with van der Waals surface area (Å²) in [5.74, 6) is 1.80. The minimum Gasteiger partial charge on any atom is -0.394 e. The second-order valence-electron chi connectivity index (χ2n) is 4.14. The predicted molar refractivity (Wildman–Crippen MR) is 58.5 cm³/mol. The monoisotopic (exact) mass is 208 g/mol. The van der Waals surface area contributed by atoms with E-state index >= 15 is 0 Å². The zero-order valence-electron chi connectivity index (χ0n) is 8.82. The number of nitrogen functional groups attached to an aromatic ring is 1. The summed E-state index contributed by atoms with van der Waals surface area (Å²) in [6, 6.07) is 1.70. The molecule has 1 saturated carbocycles. The van der Waals surface area contributed by atoms with E-state index in [0.29, 0.717) is 17.5 Å². The van der Waals surface area contributed by atoms with E-state index in [4.69, 9.17) is 5.73 Å². The number of hydrogen-bond acceptors (Lipinski definition) is 5. The molecule has 0 saturated heterocycles. The number of aliphatic hydroxyl groups excluding tert-OH is 1. The summed E-state index contributed by atoms with van der Waals surface area (Å²) in [7, 11) is 0. The van der Waals surface area contributed by atoms with Gasteiger partial charge in [-0.1, -0.05) is 0 Å². The number of rotatable bonds is 3. The maximum Gasteiger partial charge on any atom is 0.132 e. The van der Waals surface area contributed by atoms with Crippen molar-refractivity contribution < 1.29 is 5.11 Å². The van der Waals surface area contributed by atoms with Gasteiger partial charge in [-0.25, -0.2) is 9.97 Å². The Morgan fingerprint density at radius 1 is 1.53 bits per heavy atom. The molecule has 2 rings (SSSR count). The molecule has 0 amide bonds. The molecule has 1 aromatic heterocycles. The second kappa shape index (κ2) is 3.66. The van der Waals surface area contributed by atoms with Gasteiger partial charge in [0.1, 0.15) is 17.5 Å². The third kappa shape index (κ3) is 2.02. The van der Waals surface area contributed by atoms with Crippen molar-refractivity contribution in [2.75, 3.05) is 17.7 Å². The number of nitrogens with zero attached hydrogens (tertiary/aromatic N) is 2. The molecule has 1 heterocycles. The average Bonchev–Trinajstić information content (AvgIpc) is 2.10. The third-order valence-corrected chi connectivity index (χ3v) is 2.86. The quantitative estimate of drug-likeness (QED) is 0.680. The Labute approximate surface area is 88.7 Å². The smallest absolute Gasteiger partial charge is 0.132 e. The highest BCUT2D eigenvalue weighted by Gasteiger charge is 2.36. The molecule has 0 unspecified atom stereocenters. The van der Waals surface area contributed by atoms with Crippen LogP contribution in [-0.2, 0) is 0 Å². The van der Waals surface area contributed by atoms with Crippen LogP contribution < -0.4 is 11.1 Å². The number of aromatic nitrogens is 2. The predicted octanol–water partition coefficient (Wildman–Crippen LogP) is 0.694. The first-order valence-corrected chi connectivity index (χ1v) is 5.14. The molecule has 1 aromatic rings. The van der Waals surface area contributed by atoms with Gasteiger partial charge in [0, 0.05) is 6.07 Å². The van der Waals surface area contributed by atoms with Crippen LogP contribution in [0.5, 0.6) is 0 Å². The zero-order chi connectivity index (χ0) is 10.9.